The molecule has 4 aromatic rings. The van der Waals surface area contributed by atoms with E-state index in [-0.39, 0.29) is 0 Å². The minimum Gasteiger partial charge on any atom is -0.493 e. The number of nitrogen functional groups attached to an aromatic ring is 1. The lowest BCUT2D eigenvalue weighted by atomic mass is 10.0. The van der Waals surface area contributed by atoms with E-state index in [9.17, 15) is 0 Å². The normalized spacial score (nSPS) is 10.8. The number of nitrogens with zero attached hydrogens (tertiary/aromatic N) is 2. The molecule has 0 saturated carbocycles. The molecule has 2 aromatic heterocycles. The molecule has 0 fully saturated rings. The maximum absolute atomic E-state index is 5.99. The van der Waals surface area contributed by atoms with Gasteiger partial charge in [-0.2, -0.15) is 0 Å². The molecule has 0 aliphatic carbocycles. The maximum atomic E-state index is 5.99. The average molecular weight is 376 g/mol. The number of benzene rings is 2. The average Bonchev–Trinajstić information content (AvgIpc) is 3.13. The lowest BCUT2D eigenvalue weighted by Crippen LogP contribution is -1.96. The molecule has 0 aliphatic heterocycles. The van der Waals surface area contributed by atoms with Crippen LogP contribution in [0.15, 0.2) is 48.7 Å². The molecular weight excluding hydrogens is 356 g/mol. The first-order chi connectivity index (χ1) is 13.6. The van der Waals surface area contributed by atoms with Gasteiger partial charge < -0.3 is 24.9 Å². The highest BCUT2D eigenvalue weighted by atomic mass is 16.5. The molecule has 0 unspecified atom stereocenters. The van der Waals surface area contributed by atoms with Crippen LogP contribution in [-0.2, 0) is 0 Å². The number of para-hydroxylation sites is 1. The molecule has 0 aliphatic rings. The van der Waals surface area contributed by atoms with Crippen LogP contribution in [0.5, 0.6) is 17.2 Å². The molecule has 28 heavy (non-hydrogen) atoms. The van der Waals surface area contributed by atoms with Crippen molar-refractivity contribution in [3.05, 3.63) is 48.7 Å². The van der Waals surface area contributed by atoms with Crippen LogP contribution in [-0.4, -0.2) is 36.3 Å². The summed E-state index contributed by atoms with van der Waals surface area (Å²) in [6.07, 6.45) is 1.79. The summed E-state index contributed by atoms with van der Waals surface area (Å²) >= 11 is 0. The Bertz CT molecular complexity index is 1130. The first kappa shape index (κ1) is 17.7. The molecular formula is C21H20N4O3. The number of hydrogen-bond donors (Lipinski definition) is 2. The van der Waals surface area contributed by atoms with Gasteiger partial charge in [0.05, 0.1) is 38.2 Å². The number of imidazole rings is 1. The summed E-state index contributed by atoms with van der Waals surface area (Å²) in [5.74, 6) is 1.93. The van der Waals surface area contributed by atoms with Crippen molar-refractivity contribution in [2.45, 2.75) is 0 Å². The number of rotatable bonds is 5. The number of methoxy groups -OCH3 is 3. The van der Waals surface area contributed by atoms with Gasteiger partial charge in [-0.3, -0.25) is 4.98 Å². The number of nitrogens with one attached hydrogen (secondary N) is 1. The number of H-pyrrole nitrogens is 1. The number of aromatic amines is 1. The Labute approximate surface area is 162 Å². The lowest BCUT2D eigenvalue weighted by Gasteiger charge is -2.14. The zero-order chi connectivity index (χ0) is 19.7. The molecule has 2 aromatic carbocycles. The predicted octanol–water partition coefficient (Wildman–Crippen LogP) is 3.90. The smallest absolute Gasteiger partial charge is 0.203 e. The largest absolute Gasteiger partial charge is 0.493 e. The molecule has 0 atom stereocenters. The standard InChI is InChI=1S/C21H20N4O3/c1-26-16-9-13(10-17(27-2)20(16)28-3)18-19(25-21(22)24-18)14-8-12-6-4-5-7-15(12)23-11-14/h4-11H,1-3H3,(H3,22,24,25). The zero-order valence-corrected chi connectivity index (χ0v) is 15.8. The van der Waals surface area contributed by atoms with Crippen molar-refractivity contribution >= 4 is 16.9 Å². The fourth-order valence-electron chi connectivity index (χ4n) is 3.24. The number of anilines is 1. The van der Waals surface area contributed by atoms with Crippen LogP contribution >= 0.6 is 0 Å². The van der Waals surface area contributed by atoms with Crippen LogP contribution in [0.25, 0.3) is 33.4 Å². The predicted molar refractivity (Wildman–Crippen MR) is 109 cm³/mol. The van der Waals surface area contributed by atoms with Gasteiger partial charge in [-0.25, -0.2) is 4.98 Å². The van der Waals surface area contributed by atoms with Crippen molar-refractivity contribution in [1.29, 1.82) is 0 Å². The van der Waals surface area contributed by atoms with Gasteiger partial charge in [0.25, 0.3) is 0 Å². The third-order valence-electron chi connectivity index (χ3n) is 4.54. The minimum atomic E-state index is 0.312. The van der Waals surface area contributed by atoms with E-state index >= 15 is 0 Å². The minimum absolute atomic E-state index is 0.312. The van der Waals surface area contributed by atoms with E-state index in [0.29, 0.717) is 28.9 Å². The highest BCUT2D eigenvalue weighted by molar-refractivity contribution is 5.87. The van der Waals surface area contributed by atoms with Gasteiger partial charge in [-0.15, -0.1) is 0 Å². The summed E-state index contributed by atoms with van der Waals surface area (Å²) < 4.78 is 16.3. The number of hydrogen-bond acceptors (Lipinski definition) is 6. The second-order valence-corrected chi connectivity index (χ2v) is 6.18. The Hall–Kier alpha value is -3.74. The lowest BCUT2D eigenvalue weighted by molar-refractivity contribution is 0.324. The van der Waals surface area contributed by atoms with Crippen molar-refractivity contribution in [3.63, 3.8) is 0 Å². The highest BCUT2D eigenvalue weighted by Crippen LogP contribution is 2.43. The Morgan fingerprint density at radius 2 is 1.61 bits per heavy atom. The summed E-state index contributed by atoms with van der Waals surface area (Å²) in [4.78, 5) is 12.2. The number of ether oxygens (including phenoxy) is 3. The van der Waals surface area contributed by atoms with Crippen molar-refractivity contribution < 1.29 is 14.2 Å². The Morgan fingerprint density at radius 3 is 2.29 bits per heavy atom. The number of aromatic nitrogens is 3. The number of pyridine rings is 1. The fraction of sp³-hybridized carbons (Fsp3) is 0.143. The summed E-state index contributed by atoms with van der Waals surface area (Å²) in [6, 6.07) is 13.7. The molecule has 2 heterocycles. The first-order valence-corrected chi connectivity index (χ1v) is 8.65. The van der Waals surface area contributed by atoms with Crippen LogP contribution in [0.3, 0.4) is 0 Å². The maximum Gasteiger partial charge on any atom is 0.203 e. The quantitative estimate of drug-likeness (QED) is 0.548. The molecule has 0 bridgehead atoms. The van der Waals surface area contributed by atoms with Gasteiger partial charge >= 0.3 is 0 Å². The van der Waals surface area contributed by atoms with E-state index in [1.54, 1.807) is 27.5 Å². The van der Waals surface area contributed by atoms with Crippen LogP contribution in [0.1, 0.15) is 0 Å². The number of nitrogens with two attached hydrogens (primary N) is 1. The Balaban J connectivity index is 1.90. The summed E-state index contributed by atoms with van der Waals surface area (Å²) in [5.41, 5.74) is 10.0. The molecule has 4 rings (SSSR count). The van der Waals surface area contributed by atoms with Crippen molar-refractivity contribution in [2.75, 3.05) is 27.1 Å². The number of fused-ring (bicyclic) bond motifs is 1. The second kappa shape index (κ2) is 7.11. The SMILES string of the molecule is COc1cc(-c2[nH]c(N)nc2-c2cnc3ccccc3c2)cc(OC)c1OC. The van der Waals surface area contributed by atoms with Gasteiger partial charge in [0.2, 0.25) is 5.75 Å². The van der Waals surface area contributed by atoms with E-state index in [2.05, 4.69) is 15.0 Å². The molecule has 0 saturated heterocycles. The van der Waals surface area contributed by atoms with E-state index in [1.165, 1.54) is 0 Å². The molecule has 3 N–H and O–H groups in total. The van der Waals surface area contributed by atoms with Crippen LogP contribution in [0, 0.1) is 0 Å². The second-order valence-electron chi connectivity index (χ2n) is 6.18. The molecule has 142 valence electrons. The molecule has 7 nitrogen and oxygen atoms in total. The van der Waals surface area contributed by atoms with E-state index in [0.717, 1.165) is 27.7 Å². The zero-order valence-electron chi connectivity index (χ0n) is 15.8. The third kappa shape index (κ3) is 2.96. The summed E-state index contributed by atoms with van der Waals surface area (Å²) in [7, 11) is 4.73. The highest BCUT2D eigenvalue weighted by Gasteiger charge is 2.19. The third-order valence-corrected chi connectivity index (χ3v) is 4.54. The fourth-order valence-corrected chi connectivity index (χ4v) is 3.24. The van der Waals surface area contributed by atoms with Crippen LogP contribution in [0.4, 0.5) is 5.95 Å². The topological polar surface area (TPSA) is 95.3 Å². The van der Waals surface area contributed by atoms with E-state index in [1.807, 2.05) is 42.5 Å². The van der Waals surface area contributed by atoms with Gasteiger partial charge in [-0.05, 0) is 24.3 Å². The van der Waals surface area contributed by atoms with Gasteiger partial charge in [0.1, 0.15) is 0 Å². The monoisotopic (exact) mass is 376 g/mol. The Morgan fingerprint density at radius 1 is 0.893 bits per heavy atom. The first-order valence-electron chi connectivity index (χ1n) is 8.65. The van der Waals surface area contributed by atoms with Crippen LogP contribution in [0.2, 0.25) is 0 Å². The molecule has 0 spiro atoms. The van der Waals surface area contributed by atoms with Crippen molar-refractivity contribution in [1.82, 2.24) is 15.0 Å². The van der Waals surface area contributed by atoms with Gasteiger partial charge in [-0.1, -0.05) is 18.2 Å². The van der Waals surface area contributed by atoms with E-state index in [4.69, 9.17) is 19.9 Å². The summed E-state index contributed by atoms with van der Waals surface area (Å²) in [6.45, 7) is 0. The Kier molecular flexibility index (Phi) is 4.49. The molecule has 0 radical (unpaired) electrons. The van der Waals surface area contributed by atoms with Crippen LogP contribution < -0.4 is 19.9 Å². The van der Waals surface area contributed by atoms with Crippen molar-refractivity contribution in [2.24, 2.45) is 0 Å². The molecule has 7 heteroatoms. The summed E-state index contributed by atoms with van der Waals surface area (Å²) in [5, 5.41) is 1.03. The van der Waals surface area contributed by atoms with Crippen molar-refractivity contribution in [3.8, 4) is 39.8 Å². The van der Waals surface area contributed by atoms with Gasteiger partial charge in [0.15, 0.2) is 17.4 Å². The molecule has 0 amide bonds. The van der Waals surface area contributed by atoms with E-state index < -0.39 is 0 Å². The van der Waals surface area contributed by atoms with Gasteiger partial charge in [0, 0.05) is 22.7 Å².